The topological polar surface area (TPSA) is 38.3 Å². The Labute approximate surface area is 90.2 Å². The highest BCUT2D eigenvalue weighted by molar-refractivity contribution is 5.74. The molecule has 1 N–H and O–H groups in total. The Morgan fingerprint density at radius 3 is 2.56 bits per heavy atom. The molecule has 1 rings (SSSR count). The van der Waals surface area contributed by atoms with Crippen LogP contribution < -0.4 is 10.3 Å². The average molecular weight is 233 g/mol. The van der Waals surface area contributed by atoms with E-state index in [9.17, 15) is 18.0 Å². The van der Waals surface area contributed by atoms with Crippen molar-refractivity contribution in [3.05, 3.63) is 29.8 Å². The maximum atomic E-state index is 12.5. The number of hydroxylamine groups is 1. The number of para-hydroxylation sites is 1. The van der Waals surface area contributed by atoms with Crippen molar-refractivity contribution >= 4 is 5.91 Å². The van der Waals surface area contributed by atoms with Gasteiger partial charge in [0.1, 0.15) is 5.56 Å². The molecule has 0 bridgehead atoms. The Hall–Kier alpha value is -1.72. The third-order valence-corrected chi connectivity index (χ3v) is 1.79. The summed E-state index contributed by atoms with van der Waals surface area (Å²) in [7, 11) is 0. The summed E-state index contributed by atoms with van der Waals surface area (Å²) in [6, 6.07) is 4.66. The molecule has 0 fully saturated rings. The lowest BCUT2D eigenvalue weighted by molar-refractivity contribution is -0.141. The van der Waals surface area contributed by atoms with E-state index in [2.05, 4.69) is 4.84 Å². The van der Waals surface area contributed by atoms with E-state index < -0.39 is 23.4 Å². The highest BCUT2D eigenvalue weighted by atomic mass is 19.4. The molecule has 0 heterocycles. The fourth-order valence-electron chi connectivity index (χ4n) is 0.974. The minimum absolute atomic E-state index is 0.133. The molecular formula is C10H10F3NO2. The largest absolute Gasteiger partial charge is 0.420 e. The van der Waals surface area contributed by atoms with E-state index in [1.807, 2.05) is 5.48 Å². The highest BCUT2D eigenvalue weighted by Gasteiger charge is 2.34. The Kier molecular flexibility index (Phi) is 3.76. The summed E-state index contributed by atoms with van der Waals surface area (Å²) in [6.07, 6.45) is -4.37. The fraction of sp³-hybridized carbons (Fsp3) is 0.300. The number of hydrogen-bond donors (Lipinski definition) is 1. The number of carbonyl (C=O) groups excluding carboxylic acids is 1. The number of benzene rings is 1. The first-order valence-corrected chi connectivity index (χ1v) is 4.57. The first-order valence-electron chi connectivity index (χ1n) is 4.57. The van der Waals surface area contributed by atoms with E-state index in [0.29, 0.717) is 0 Å². The zero-order chi connectivity index (χ0) is 12.2. The molecule has 1 aromatic carbocycles. The van der Waals surface area contributed by atoms with Gasteiger partial charge in [0, 0.05) is 6.42 Å². The number of halogens is 3. The molecule has 0 spiro atoms. The number of nitrogens with one attached hydrogen (secondary N) is 1. The lowest BCUT2D eigenvalue weighted by atomic mass is 10.2. The van der Waals surface area contributed by atoms with Crippen LogP contribution in [0.5, 0.6) is 5.75 Å². The Balaban J connectivity index is 2.84. The Morgan fingerprint density at radius 1 is 1.38 bits per heavy atom. The molecule has 0 radical (unpaired) electrons. The molecule has 0 saturated heterocycles. The van der Waals surface area contributed by atoms with Crippen LogP contribution in [0.1, 0.15) is 18.9 Å². The number of hydrogen-bond acceptors (Lipinski definition) is 2. The summed E-state index contributed by atoms with van der Waals surface area (Å²) in [5.41, 5.74) is 0.998. The van der Waals surface area contributed by atoms with Gasteiger partial charge in [0.05, 0.1) is 0 Å². The number of rotatable bonds is 3. The number of alkyl halides is 3. The molecule has 0 aromatic heterocycles. The van der Waals surface area contributed by atoms with Crippen LogP contribution in [-0.2, 0) is 11.0 Å². The average Bonchev–Trinajstić information content (AvgIpc) is 2.25. The zero-order valence-corrected chi connectivity index (χ0v) is 8.47. The van der Waals surface area contributed by atoms with E-state index in [-0.39, 0.29) is 6.42 Å². The Morgan fingerprint density at radius 2 is 2.00 bits per heavy atom. The smallest absolute Gasteiger partial charge is 0.379 e. The molecule has 6 heteroatoms. The first-order chi connectivity index (χ1) is 7.45. The summed E-state index contributed by atoms with van der Waals surface area (Å²) in [5.74, 6) is -0.909. The minimum atomic E-state index is -4.51. The molecular weight excluding hydrogens is 223 g/mol. The van der Waals surface area contributed by atoms with Gasteiger partial charge >= 0.3 is 6.18 Å². The zero-order valence-electron chi connectivity index (χ0n) is 8.47. The lowest BCUT2D eigenvalue weighted by Crippen LogP contribution is -2.27. The highest BCUT2D eigenvalue weighted by Crippen LogP contribution is 2.35. The van der Waals surface area contributed by atoms with Gasteiger partial charge in [-0.2, -0.15) is 18.7 Å². The maximum absolute atomic E-state index is 12.5. The molecule has 0 aliphatic carbocycles. The second kappa shape index (κ2) is 4.87. The van der Waals surface area contributed by atoms with Crippen molar-refractivity contribution in [2.75, 3.05) is 0 Å². The molecule has 0 saturated carbocycles. The SMILES string of the molecule is CCC(=O)NOc1ccccc1C(F)(F)F. The van der Waals surface area contributed by atoms with Gasteiger partial charge in [0.2, 0.25) is 0 Å². The van der Waals surface area contributed by atoms with Gasteiger partial charge in [-0.15, -0.1) is 0 Å². The van der Waals surface area contributed by atoms with Gasteiger partial charge in [0.25, 0.3) is 5.91 Å². The summed E-state index contributed by atoms with van der Waals surface area (Å²) in [4.78, 5) is 15.4. The van der Waals surface area contributed by atoms with Gasteiger partial charge in [-0.05, 0) is 12.1 Å². The molecule has 3 nitrogen and oxygen atoms in total. The van der Waals surface area contributed by atoms with Gasteiger partial charge in [-0.3, -0.25) is 4.79 Å². The first kappa shape index (κ1) is 12.4. The van der Waals surface area contributed by atoms with Crippen molar-refractivity contribution in [3.63, 3.8) is 0 Å². The van der Waals surface area contributed by atoms with Crippen LogP contribution in [0.25, 0.3) is 0 Å². The van der Waals surface area contributed by atoms with Crippen molar-refractivity contribution in [2.45, 2.75) is 19.5 Å². The summed E-state index contributed by atoms with van der Waals surface area (Å²) >= 11 is 0. The predicted octanol–water partition coefficient (Wildman–Crippen LogP) is 2.53. The third-order valence-electron chi connectivity index (χ3n) is 1.79. The maximum Gasteiger partial charge on any atom is 0.420 e. The van der Waals surface area contributed by atoms with Gasteiger partial charge in [-0.1, -0.05) is 19.1 Å². The fourth-order valence-corrected chi connectivity index (χ4v) is 0.974. The van der Waals surface area contributed by atoms with Crippen LogP contribution in [0.3, 0.4) is 0 Å². The van der Waals surface area contributed by atoms with E-state index in [1.165, 1.54) is 12.1 Å². The van der Waals surface area contributed by atoms with Crippen molar-refractivity contribution in [1.29, 1.82) is 0 Å². The van der Waals surface area contributed by atoms with Crippen LogP contribution in [0.2, 0.25) is 0 Å². The van der Waals surface area contributed by atoms with Crippen molar-refractivity contribution in [3.8, 4) is 5.75 Å². The van der Waals surface area contributed by atoms with Crippen LogP contribution in [0, 0.1) is 0 Å². The van der Waals surface area contributed by atoms with Crippen molar-refractivity contribution in [1.82, 2.24) is 5.48 Å². The van der Waals surface area contributed by atoms with E-state index in [4.69, 9.17) is 0 Å². The molecule has 1 aromatic rings. The van der Waals surface area contributed by atoms with E-state index in [1.54, 1.807) is 6.92 Å². The Bertz CT molecular complexity index is 377. The van der Waals surface area contributed by atoms with Crippen LogP contribution in [-0.4, -0.2) is 5.91 Å². The summed E-state index contributed by atoms with van der Waals surface area (Å²) in [6.45, 7) is 1.56. The molecule has 88 valence electrons. The molecule has 0 aliphatic rings. The minimum Gasteiger partial charge on any atom is -0.379 e. The molecule has 0 unspecified atom stereocenters. The van der Waals surface area contributed by atoms with Crippen LogP contribution in [0.4, 0.5) is 13.2 Å². The monoisotopic (exact) mass is 233 g/mol. The number of amides is 1. The summed E-state index contributed by atoms with van der Waals surface area (Å²) < 4.78 is 37.4. The molecule has 0 aliphatic heterocycles. The quantitative estimate of drug-likeness (QED) is 0.814. The van der Waals surface area contributed by atoms with Gasteiger partial charge in [0.15, 0.2) is 5.75 Å². The molecule has 16 heavy (non-hydrogen) atoms. The van der Waals surface area contributed by atoms with Crippen molar-refractivity contribution in [2.24, 2.45) is 0 Å². The summed E-state index contributed by atoms with van der Waals surface area (Å²) in [5, 5.41) is 0. The second-order valence-electron chi connectivity index (χ2n) is 2.97. The van der Waals surface area contributed by atoms with E-state index >= 15 is 0 Å². The third kappa shape index (κ3) is 3.15. The van der Waals surface area contributed by atoms with Crippen molar-refractivity contribution < 1.29 is 22.8 Å². The molecule has 1 amide bonds. The molecule has 0 atom stereocenters. The lowest BCUT2D eigenvalue weighted by Gasteiger charge is -2.12. The van der Waals surface area contributed by atoms with Gasteiger partial charge in [-0.25, -0.2) is 0 Å². The normalized spacial score (nSPS) is 11.0. The van der Waals surface area contributed by atoms with Crippen LogP contribution >= 0.6 is 0 Å². The second-order valence-corrected chi connectivity index (χ2v) is 2.97. The predicted molar refractivity (Wildman–Crippen MR) is 50.5 cm³/mol. The van der Waals surface area contributed by atoms with Gasteiger partial charge < -0.3 is 4.84 Å². The standard InChI is InChI=1S/C10H10F3NO2/c1-2-9(15)14-16-8-6-4-3-5-7(8)10(11,12)13/h3-6H,2H2,1H3,(H,14,15). The van der Waals surface area contributed by atoms with E-state index in [0.717, 1.165) is 12.1 Å². The van der Waals surface area contributed by atoms with Crippen LogP contribution in [0.15, 0.2) is 24.3 Å². The number of carbonyl (C=O) groups is 1.